The zero-order valence-corrected chi connectivity index (χ0v) is 24.5. The molecule has 42 heavy (non-hydrogen) atoms. The van der Waals surface area contributed by atoms with E-state index in [4.69, 9.17) is 0 Å². The van der Waals surface area contributed by atoms with Crippen molar-refractivity contribution in [1.29, 1.82) is 0 Å². The average Bonchev–Trinajstić information content (AvgIpc) is 3.37. The predicted octanol–water partition coefficient (Wildman–Crippen LogP) is 5.07. The molecule has 2 heterocycles. The van der Waals surface area contributed by atoms with E-state index >= 15 is 0 Å². The Balaban J connectivity index is 1.47. The lowest BCUT2D eigenvalue weighted by molar-refractivity contribution is 0.0631. The summed E-state index contributed by atoms with van der Waals surface area (Å²) in [6, 6.07) is 12.5. The van der Waals surface area contributed by atoms with Crippen molar-refractivity contribution < 1.29 is 18.4 Å². The fourth-order valence-corrected chi connectivity index (χ4v) is 6.16. The molecule has 1 saturated heterocycles. The van der Waals surface area contributed by atoms with E-state index in [1.165, 1.54) is 12.1 Å². The molecule has 2 aliphatic rings. The number of halogens is 2. The van der Waals surface area contributed by atoms with E-state index in [0.717, 1.165) is 37.3 Å². The molecule has 0 radical (unpaired) electrons. The van der Waals surface area contributed by atoms with E-state index in [0.29, 0.717) is 43.0 Å². The van der Waals surface area contributed by atoms with Crippen molar-refractivity contribution >= 4 is 11.9 Å². The van der Waals surface area contributed by atoms with E-state index in [1.807, 2.05) is 51.1 Å². The molecular formula is C32H40F2N6O2. The van der Waals surface area contributed by atoms with Crippen LogP contribution in [0, 0.1) is 11.6 Å². The molecule has 2 fully saturated rings. The van der Waals surface area contributed by atoms with Gasteiger partial charge in [-0.1, -0.05) is 43.2 Å². The van der Waals surface area contributed by atoms with E-state index in [1.54, 1.807) is 11.2 Å². The Bertz CT molecular complexity index is 1380. The number of piperazine rings is 1. The highest BCUT2D eigenvalue weighted by Gasteiger charge is 2.35. The summed E-state index contributed by atoms with van der Waals surface area (Å²) in [4.78, 5) is 33.5. The molecule has 0 spiro atoms. The molecule has 2 aromatic carbocycles. The smallest absolute Gasteiger partial charge is 0.315 e. The second-order valence-corrected chi connectivity index (χ2v) is 12.4. The molecule has 1 aliphatic carbocycles. The summed E-state index contributed by atoms with van der Waals surface area (Å²) in [5.74, 6) is -1.49. The third-order valence-electron chi connectivity index (χ3n) is 7.94. The first-order chi connectivity index (χ1) is 20.1. The van der Waals surface area contributed by atoms with Gasteiger partial charge in [-0.3, -0.25) is 4.79 Å². The van der Waals surface area contributed by atoms with Crippen LogP contribution < -0.4 is 16.0 Å². The number of amides is 3. The van der Waals surface area contributed by atoms with Crippen LogP contribution in [0.25, 0.3) is 11.3 Å². The van der Waals surface area contributed by atoms with Crippen LogP contribution in [0.3, 0.4) is 0 Å². The number of imidazole rings is 1. The summed E-state index contributed by atoms with van der Waals surface area (Å²) < 4.78 is 29.9. The molecule has 3 N–H and O–H groups in total. The number of aromatic nitrogens is 2. The summed E-state index contributed by atoms with van der Waals surface area (Å²) in [7, 11) is 0. The van der Waals surface area contributed by atoms with Crippen LogP contribution in [-0.4, -0.2) is 63.6 Å². The average molecular weight is 579 g/mol. The van der Waals surface area contributed by atoms with Gasteiger partial charge in [-0.2, -0.15) is 0 Å². The third-order valence-corrected chi connectivity index (χ3v) is 7.94. The van der Waals surface area contributed by atoms with Crippen molar-refractivity contribution in [2.75, 3.05) is 19.6 Å². The van der Waals surface area contributed by atoms with E-state index in [-0.39, 0.29) is 35.6 Å². The molecule has 3 amide bonds. The monoisotopic (exact) mass is 578 g/mol. The van der Waals surface area contributed by atoms with E-state index < -0.39 is 11.6 Å². The molecule has 1 unspecified atom stereocenters. The first-order valence-electron chi connectivity index (χ1n) is 14.8. The van der Waals surface area contributed by atoms with E-state index in [9.17, 15) is 18.4 Å². The van der Waals surface area contributed by atoms with Gasteiger partial charge < -0.3 is 25.4 Å². The summed E-state index contributed by atoms with van der Waals surface area (Å²) in [5, 5.41) is 9.49. The second kappa shape index (κ2) is 12.6. The Morgan fingerprint density at radius 2 is 1.76 bits per heavy atom. The highest BCUT2D eigenvalue weighted by Crippen LogP contribution is 2.35. The minimum atomic E-state index is -0.636. The number of carbonyl (C=O) groups excluding carboxylic acids is 2. The minimum Gasteiger partial charge on any atom is -0.334 e. The van der Waals surface area contributed by atoms with Crippen molar-refractivity contribution in [3.63, 3.8) is 0 Å². The number of urea groups is 1. The van der Waals surface area contributed by atoms with Gasteiger partial charge >= 0.3 is 6.03 Å². The first kappa shape index (κ1) is 29.7. The molecule has 3 aromatic rings. The maximum Gasteiger partial charge on any atom is 0.315 e. The largest absolute Gasteiger partial charge is 0.334 e. The van der Waals surface area contributed by atoms with Gasteiger partial charge in [0, 0.05) is 42.8 Å². The van der Waals surface area contributed by atoms with Crippen LogP contribution in [0.15, 0.2) is 54.9 Å². The molecule has 8 nitrogen and oxygen atoms in total. The molecular weight excluding hydrogens is 538 g/mol. The van der Waals surface area contributed by atoms with Gasteiger partial charge in [0.15, 0.2) is 5.69 Å². The lowest BCUT2D eigenvalue weighted by Gasteiger charge is -2.37. The lowest BCUT2D eigenvalue weighted by Crippen LogP contribution is -2.54. The molecule has 3 atom stereocenters. The second-order valence-electron chi connectivity index (χ2n) is 12.4. The summed E-state index contributed by atoms with van der Waals surface area (Å²) in [5.41, 5.74) is 2.04. The van der Waals surface area contributed by atoms with Crippen molar-refractivity contribution in [2.24, 2.45) is 0 Å². The fraction of sp³-hybridized carbons (Fsp3) is 0.469. The van der Waals surface area contributed by atoms with Crippen LogP contribution in [0.1, 0.15) is 68.5 Å². The molecule has 10 heteroatoms. The highest BCUT2D eigenvalue weighted by molar-refractivity contribution is 5.98. The van der Waals surface area contributed by atoms with Gasteiger partial charge in [0.25, 0.3) is 5.91 Å². The first-order valence-corrected chi connectivity index (χ1v) is 14.8. The van der Waals surface area contributed by atoms with Gasteiger partial charge in [-0.15, -0.1) is 0 Å². The Hall–Kier alpha value is -3.79. The van der Waals surface area contributed by atoms with Gasteiger partial charge in [-0.05, 0) is 57.7 Å². The molecule has 1 saturated carbocycles. The normalized spacial score (nSPS) is 21.2. The highest BCUT2D eigenvalue weighted by atomic mass is 19.1. The number of hydrogen-bond acceptors (Lipinski definition) is 4. The standard InChI is InChI=1S/C32H40F2N6O2/c1-32(2,3)38-31(42)37-26-11-7-8-12-27(26)40-20-36-28(29(40)22-9-5-4-6-10-22)30(41)39-14-13-35-19-25(39)17-21-15-23(33)18-24(34)16-21/h4-6,9-10,15-16,18,20,25-27,35H,7-8,11-14,17,19H2,1-3H3,(H2,37,38,42)/t25-,26?,27+/m1/s1. The summed E-state index contributed by atoms with van der Waals surface area (Å²) in [6.45, 7) is 7.39. The predicted molar refractivity (Wildman–Crippen MR) is 158 cm³/mol. The number of nitrogens with one attached hydrogen (secondary N) is 3. The molecule has 5 rings (SSSR count). The Labute approximate surface area is 245 Å². The lowest BCUT2D eigenvalue weighted by atomic mass is 9.89. The third kappa shape index (κ3) is 6.98. The fourth-order valence-electron chi connectivity index (χ4n) is 6.16. The zero-order valence-electron chi connectivity index (χ0n) is 24.5. The van der Waals surface area contributed by atoms with Crippen LogP contribution in [0.2, 0.25) is 0 Å². The van der Waals surface area contributed by atoms with Gasteiger partial charge in [0.1, 0.15) is 11.6 Å². The van der Waals surface area contributed by atoms with E-state index in [2.05, 4.69) is 25.5 Å². The SMILES string of the molecule is CC(C)(C)NC(=O)NC1CCCC[C@@H]1n1cnc(C(=O)N2CCNC[C@H]2Cc2cc(F)cc(F)c2)c1-c1ccccc1. The van der Waals surface area contributed by atoms with Crippen LogP contribution in [0.4, 0.5) is 13.6 Å². The number of rotatable bonds is 6. The molecule has 0 bridgehead atoms. The Morgan fingerprint density at radius 3 is 2.48 bits per heavy atom. The van der Waals surface area contributed by atoms with Gasteiger partial charge in [0.2, 0.25) is 0 Å². The number of benzene rings is 2. The van der Waals surface area contributed by atoms with Gasteiger partial charge in [0.05, 0.1) is 24.1 Å². The van der Waals surface area contributed by atoms with Crippen molar-refractivity contribution in [3.8, 4) is 11.3 Å². The molecule has 224 valence electrons. The topological polar surface area (TPSA) is 91.3 Å². The van der Waals surface area contributed by atoms with Crippen LogP contribution in [0.5, 0.6) is 0 Å². The molecule has 1 aromatic heterocycles. The molecule has 1 aliphatic heterocycles. The summed E-state index contributed by atoms with van der Waals surface area (Å²) in [6.07, 6.45) is 5.70. The minimum absolute atomic E-state index is 0.0807. The van der Waals surface area contributed by atoms with Crippen molar-refractivity contribution in [3.05, 3.63) is 77.8 Å². The Kier molecular flexibility index (Phi) is 8.91. The summed E-state index contributed by atoms with van der Waals surface area (Å²) >= 11 is 0. The van der Waals surface area contributed by atoms with Gasteiger partial charge in [-0.25, -0.2) is 18.6 Å². The zero-order chi connectivity index (χ0) is 29.9. The Morgan fingerprint density at radius 1 is 1.05 bits per heavy atom. The number of hydrogen-bond donors (Lipinski definition) is 3. The van der Waals surface area contributed by atoms with Crippen molar-refractivity contribution in [2.45, 2.75) is 76.5 Å². The number of nitrogens with zero attached hydrogens (tertiary/aromatic N) is 3. The van der Waals surface area contributed by atoms with Crippen LogP contribution in [-0.2, 0) is 6.42 Å². The quantitative estimate of drug-likeness (QED) is 0.381. The van der Waals surface area contributed by atoms with Crippen LogP contribution >= 0.6 is 0 Å². The maximum atomic E-state index is 14.2. The number of carbonyl (C=O) groups is 2. The maximum absolute atomic E-state index is 14.2. The van der Waals surface area contributed by atoms with Crippen molar-refractivity contribution in [1.82, 2.24) is 30.4 Å².